The zero-order chi connectivity index (χ0) is 12.5. The molecule has 1 saturated heterocycles. The van der Waals surface area contributed by atoms with E-state index < -0.39 is 0 Å². The van der Waals surface area contributed by atoms with Crippen molar-refractivity contribution in [3.63, 3.8) is 0 Å². The number of benzene rings is 1. The van der Waals surface area contributed by atoms with Crippen LogP contribution in [0.25, 0.3) is 10.1 Å². The molecule has 0 bridgehead atoms. The molecule has 0 saturated carbocycles. The molecule has 1 fully saturated rings. The molecule has 0 radical (unpaired) electrons. The lowest BCUT2D eigenvalue weighted by Gasteiger charge is -2.29. The lowest BCUT2D eigenvalue weighted by atomic mass is 10.1. The Balaban J connectivity index is 1.88. The van der Waals surface area contributed by atoms with Crippen LogP contribution < -0.4 is 0 Å². The number of carbonyl (C=O) groups excluding carboxylic acids is 1. The molecule has 3 nitrogen and oxygen atoms in total. The molecular formula is C14H15NO2S. The number of aliphatic hydroxyl groups is 1. The first-order chi connectivity index (χ1) is 8.75. The number of rotatable bonds is 1. The Kier molecular flexibility index (Phi) is 3.06. The van der Waals surface area contributed by atoms with Crippen molar-refractivity contribution in [3.8, 4) is 0 Å². The van der Waals surface area contributed by atoms with E-state index in [1.54, 1.807) is 11.3 Å². The minimum absolute atomic E-state index is 0.0966. The normalized spacial score (nSPS) is 17.3. The summed E-state index contributed by atoms with van der Waals surface area (Å²) < 4.78 is 1.15. The van der Waals surface area contributed by atoms with Gasteiger partial charge in [0.05, 0.1) is 11.7 Å². The van der Waals surface area contributed by atoms with Crippen LogP contribution in [0.15, 0.2) is 29.6 Å². The van der Waals surface area contributed by atoms with Gasteiger partial charge >= 0.3 is 0 Å². The van der Waals surface area contributed by atoms with Gasteiger partial charge in [0.25, 0.3) is 5.91 Å². The minimum atomic E-state index is -0.242. The molecule has 1 aromatic heterocycles. The summed E-state index contributed by atoms with van der Waals surface area (Å²) in [5.74, 6) is 0.0966. The monoisotopic (exact) mass is 261 g/mol. The van der Waals surface area contributed by atoms with Crippen LogP contribution in [-0.4, -0.2) is 35.1 Å². The van der Waals surface area contributed by atoms with E-state index in [4.69, 9.17) is 0 Å². The summed E-state index contributed by atoms with van der Waals surface area (Å²) >= 11 is 1.61. The molecule has 18 heavy (non-hydrogen) atoms. The molecule has 0 aliphatic carbocycles. The Labute approximate surface area is 110 Å². The standard InChI is InChI=1S/C14H15NO2S/c16-10-5-7-15(8-6-10)14(17)12-9-18-13-4-2-1-3-11(12)13/h1-4,9-10,16H,5-8H2. The average Bonchev–Trinajstić information content (AvgIpc) is 2.82. The molecule has 3 rings (SSSR count). The van der Waals surface area contributed by atoms with E-state index in [0.717, 1.165) is 15.6 Å². The summed E-state index contributed by atoms with van der Waals surface area (Å²) in [6.07, 6.45) is 1.13. The van der Waals surface area contributed by atoms with Gasteiger partial charge in [0.2, 0.25) is 0 Å². The number of likely N-dealkylation sites (tertiary alicyclic amines) is 1. The van der Waals surface area contributed by atoms with E-state index in [1.165, 1.54) is 0 Å². The number of nitrogens with zero attached hydrogens (tertiary/aromatic N) is 1. The highest BCUT2D eigenvalue weighted by atomic mass is 32.1. The Morgan fingerprint density at radius 2 is 2.00 bits per heavy atom. The third kappa shape index (κ3) is 2.02. The first-order valence-corrected chi connectivity index (χ1v) is 7.07. The maximum absolute atomic E-state index is 12.4. The molecule has 0 atom stereocenters. The molecule has 1 amide bonds. The van der Waals surface area contributed by atoms with Crippen LogP contribution in [0.4, 0.5) is 0 Å². The molecule has 1 aromatic carbocycles. The van der Waals surface area contributed by atoms with Crippen molar-refractivity contribution in [1.29, 1.82) is 0 Å². The molecule has 2 heterocycles. The zero-order valence-electron chi connectivity index (χ0n) is 10.0. The van der Waals surface area contributed by atoms with Crippen LogP contribution in [0, 0.1) is 0 Å². The van der Waals surface area contributed by atoms with Crippen LogP contribution in [0.2, 0.25) is 0 Å². The van der Waals surface area contributed by atoms with Gasteiger partial charge in [0, 0.05) is 28.6 Å². The van der Waals surface area contributed by atoms with Gasteiger partial charge in [-0.1, -0.05) is 18.2 Å². The first-order valence-electron chi connectivity index (χ1n) is 6.19. The average molecular weight is 261 g/mol. The fourth-order valence-electron chi connectivity index (χ4n) is 2.38. The highest BCUT2D eigenvalue weighted by molar-refractivity contribution is 7.17. The summed E-state index contributed by atoms with van der Waals surface area (Å²) in [6, 6.07) is 7.99. The van der Waals surface area contributed by atoms with Crippen molar-refractivity contribution in [3.05, 3.63) is 35.2 Å². The maximum Gasteiger partial charge on any atom is 0.255 e. The maximum atomic E-state index is 12.4. The van der Waals surface area contributed by atoms with Crippen LogP contribution in [-0.2, 0) is 0 Å². The second-order valence-corrected chi connectivity index (χ2v) is 5.58. The highest BCUT2D eigenvalue weighted by Crippen LogP contribution is 2.27. The lowest BCUT2D eigenvalue weighted by Crippen LogP contribution is -2.39. The molecule has 1 N–H and O–H groups in total. The van der Waals surface area contributed by atoms with Gasteiger partial charge in [-0.05, 0) is 18.9 Å². The van der Waals surface area contributed by atoms with Crippen molar-refractivity contribution in [2.45, 2.75) is 18.9 Å². The van der Waals surface area contributed by atoms with Crippen molar-refractivity contribution >= 4 is 27.3 Å². The third-order valence-electron chi connectivity index (χ3n) is 3.46. The van der Waals surface area contributed by atoms with Crippen LogP contribution in [0.1, 0.15) is 23.2 Å². The third-order valence-corrected chi connectivity index (χ3v) is 4.43. The van der Waals surface area contributed by atoms with Crippen molar-refractivity contribution in [2.24, 2.45) is 0 Å². The van der Waals surface area contributed by atoms with E-state index >= 15 is 0 Å². The minimum Gasteiger partial charge on any atom is -0.393 e. The van der Waals surface area contributed by atoms with E-state index in [2.05, 4.69) is 0 Å². The number of aliphatic hydroxyl groups excluding tert-OH is 1. The first kappa shape index (κ1) is 11.7. The van der Waals surface area contributed by atoms with Crippen LogP contribution >= 0.6 is 11.3 Å². The quantitative estimate of drug-likeness (QED) is 0.857. The number of piperidine rings is 1. The molecule has 0 unspecified atom stereocenters. The van der Waals surface area contributed by atoms with E-state index in [0.29, 0.717) is 25.9 Å². The number of thiophene rings is 1. The predicted molar refractivity (Wildman–Crippen MR) is 73.0 cm³/mol. The van der Waals surface area contributed by atoms with Gasteiger partial charge in [-0.2, -0.15) is 0 Å². The smallest absolute Gasteiger partial charge is 0.255 e. The van der Waals surface area contributed by atoms with Gasteiger partial charge in [0.15, 0.2) is 0 Å². The molecule has 4 heteroatoms. The largest absolute Gasteiger partial charge is 0.393 e. The van der Waals surface area contributed by atoms with Gasteiger partial charge < -0.3 is 10.0 Å². The summed E-state index contributed by atoms with van der Waals surface area (Å²) in [7, 11) is 0. The Morgan fingerprint density at radius 3 is 2.78 bits per heavy atom. The molecular weight excluding hydrogens is 246 g/mol. The summed E-state index contributed by atoms with van der Waals surface area (Å²) in [6.45, 7) is 1.31. The number of hydrogen-bond acceptors (Lipinski definition) is 3. The Morgan fingerprint density at radius 1 is 1.28 bits per heavy atom. The second kappa shape index (κ2) is 4.71. The van der Waals surface area contributed by atoms with Crippen molar-refractivity contribution < 1.29 is 9.90 Å². The number of carbonyl (C=O) groups is 1. The topological polar surface area (TPSA) is 40.5 Å². The summed E-state index contributed by atoms with van der Waals surface area (Å²) in [4.78, 5) is 14.3. The highest BCUT2D eigenvalue weighted by Gasteiger charge is 2.23. The number of amides is 1. The molecule has 1 aliphatic heterocycles. The molecule has 94 valence electrons. The van der Waals surface area contributed by atoms with Crippen LogP contribution in [0.3, 0.4) is 0 Å². The summed E-state index contributed by atoms with van der Waals surface area (Å²) in [5, 5.41) is 12.5. The van der Waals surface area contributed by atoms with Crippen LogP contribution in [0.5, 0.6) is 0 Å². The fourth-order valence-corrected chi connectivity index (χ4v) is 3.32. The Bertz CT molecular complexity index is 570. The van der Waals surface area contributed by atoms with E-state index in [9.17, 15) is 9.90 Å². The van der Waals surface area contributed by atoms with Gasteiger partial charge in [-0.15, -0.1) is 11.3 Å². The molecule has 1 aliphatic rings. The molecule has 0 spiro atoms. The van der Waals surface area contributed by atoms with Gasteiger partial charge in [-0.3, -0.25) is 4.79 Å². The number of fused-ring (bicyclic) bond motifs is 1. The van der Waals surface area contributed by atoms with E-state index in [1.807, 2.05) is 34.5 Å². The van der Waals surface area contributed by atoms with E-state index in [-0.39, 0.29) is 12.0 Å². The van der Waals surface area contributed by atoms with Gasteiger partial charge in [-0.25, -0.2) is 0 Å². The van der Waals surface area contributed by atoms with Gasteiger partial charge in [0.1, 0.15) is 0 Å². The zero-order valence-corrected chi connectivity index (χ0v) is 10.8. The number of hydrogen-bond donors (Lipinski definition) is 1. The van der Waals surface area contributed by atoms with Crippen molar-refractivity contribution in [1.82, 2.24) is 4.90 Å². The van der Waals surface area contributed by atoms with Crippen molar-refractivity contribution in [2.75, 3.05) is 13.1 Å². The second-order valence-electron chi connectivity index (χ2n) is 4.67. The lowest BCUT2D eigenvalue weighted by molar-refractivity contribution is 0.0548. The SMILES string of the molecule is O=C(c1csc2ccccc12)N1CCC(O)CC1. The summed E-state index contributed by atoms with van der Waals surface area (Å²) in [5.41, 5.74) is 0.798. The fraction of sp³-hybridized carbons (Fsp3) is 0.357. The Hall–Kier alpha value is -1.39. The predicted octanol–water partition coefficient (Wildman–Crippen LogP) is 2.50. The molecule has 2 aromatic rings.